The quantitative estimate of drug-likeness (QED) is 0.896. The van der Waals surface area contributed by atoms with Crippen LogP contribution in [0, 0.1) is 0 Å². The molecule has 0 aliphatic carbocycles. The third-order valence-electron chi connectivity index (χ3n) is 3.30. The Morgan fingerprint density at radius 1 is 1.21 bits per heavy atom. The summed E-state index contributed by atoms with van der Waals surface area (Å²) in [7, 11) is 0. The van der Waals surface area contributed by atoms with Gasteiger partial charge in [-0.3, -0.25) is 4.68 Å². The Morgan fingerprint density at radius 2 is 2.00 bits per heavy atom. The highest BCUT2D eigenvalue weighted by Gasteiger charge is 2.16. The largest absolute Gasteiger partial charge is 0.396 e. The normalized spacial score (nSPS) is 16.5. The number of anilines is 2. The third-order valence-corrected chi connectivity index (χ3v) is 3.30. The second-order valence-electron chi connectivity index (χ2n) is 4.86. The molecule has 1 aliphatic heterocycles. The van der Waals surface area contributed by atoms with Crippen molar-refractivity contribution in [3.8, 4) is 0 Å². The van der Waals surface area contributed by atoms with Crippen LogP contribution in [0.4, 0.5) is 11.6 Å². The lowest BCUT2D eigenvalue weighted by Crippen LogP contribution is -2.25. The molecule has 3 heterocycles. The lowest BCUT2D eigenvalue weighted by atomic mass is 10.2. The van der Waals surface area contributed by atoms with Gasteiger partial charge in [0.05, 0.1) is 11.9 Å². The van der Waals surface area contributed by atoms with E-state index in [0.29, 0.717) is 24.1 Å². The number of hydrogen-bond donors (Lipinski definition) is 1. The van der Waals surface area contributed by atoms with Crippen LogP contribution in [0.2, 0.25) is 0 Å². The molecule has 7 nitrogen and oxygen atoms in total. The molecule has 1 saturated heterocycles. The zero-order chi connectivity index (χ0) is 13.1. The molecule has 0 amide bonds. The van der Waals surface area contributed by atoms with Crippen LogP contribution >= 0.6 is 0 Å². The van der Waals surface area contributed by atoms with Crippen molar-refractivity contribution in [3.05, 3.63) is 18.3 Å². The predicted octanol–water partition coefficient (Wildman–Crippen LogP) is 1.28. The molecule has 0 atom stereocenters. The van der Waals surface area contributed by atoms with E-state index in [2.05, 4.69) is 20.1 Å². The van der Waals surface area contributed by atoms with E-state index < -0.39 is 0 Å². The minimum atomic E-state index is 0.456. The van der Waals surface area contributed by atoms with Crippen LogP contribution in [0.25, 0.3) is 0 Å². The van der Waals surface area contributed by atoms with Crippen LogP contribution in [0.5, 0.6) is 0 Å². The van der Waals surface area contributed by atoms with Crippen molar-refractivity contribution in [2.45, 2.75) is 32.2 Å². The van der Waals surface area contributed by atoms with Gasteiger partial charge in [-0.2, -0.15) is 10.1 Å². The highest BCUT2D eigenvalue weighted by Crippen LogP contribution is 2.16. The summed E-state index contributed by atoms with van der Waals surface area (Å²) in [6.07, 6.45) is 8.31. The molecule has 102 valence electrons. The van der Waals surface area contributed by atoms with Gasteiger partial charge in [-0.25, -0.2) is 0 Å². The number of hydrogen-bond acceptors (Lipinski definition) is 6. The van der Waals surface area contributed by atoms with Crippen molar-refractivity contribution >= 4 is 11.6 Å². The Labute approximate surface area is 111 Å². The molecule has 19 heavy (non-hydrogen) atoms. The van der Waals surface area contributed by atoms with Gasteiger partial charge in [0.1, 0.15) is 6.54 Å². The van der Waals surface area contributed by atoms with Gasteiger partial charge >= 0.3 is 0 Å². The van der Waals surface area contributed by atoms with Crippen LogP contribution in [0.15, 0.2) is 16.9 Å². The summed E-state index contributed by atoms with van der Waals surface area (Å²) >= 11 is 0. The first-order valence-corrected chi connectivity index (χ1v) is 6.67. The molecule has 0 unspecified atom stereocenters. The van der Waals surface area contributed by atoms with E-state index >= 15 is 0 Å². The number of rotatable bonds is 3. The summed E-state index contributed by atoms with van der Waals surface area (Å²) in [5.74, 6) is 1.25. The molecule has 1 aliphatic rings. The van der Waals surface area contributed by atoms with Gasteiger partial charge < -0.3 is 15.2 Å². The average molecular weight is 262 g/mol. The molecule has 1 fully saturated rings. The zero-order valence-corrected chi connectivity index (χ0v) is 10.8. The fourth-order valence-corrected chi connectivity index (χ4v) is 2.31. The highest BCUT2D eigenvalue weighted by atomic mass is 16.5. The van der Waals surface area contributed by atoms with Crippen LogP contribution in [-0.2, 0) is 6.54 Å². The minimum Gasteiger partial charge on any atom is -0.396 e. The predicted molar refractivity (Wildman–Crippen MR) is 70.7 cm³/mol. The second kappa shape index (κ2) is 5.29. The van der Waals surface area contributed by atoms with Crippen molar-refractivity contribution in [1.82, 2.24) is 19.9 Å². The topological polar surface area (TPSA) is 86.0 Å². The summed E-state index contributed by atoms with van der Waals surface area (Å²) < 4.78 is 6.96. The first kappa shape index (κ1) is 12.0. The number of aromatic nitrogens is 4. The van der Waals surface area contributed by atoms with E-state index in [9.17, 15) is 0 Å². The molecule has 2 N–H and O–H groups in total. The first-order chi connectivity index (χ1) is 9.31. The van der Waals surface area contributed by atoms with Crippen LogP contribution < -0.4 is 10.6 Å². The van der Waals surface area contributed by atoms with Gasteiger partial charge in [0.25, 0.3) is 5.95 Å². The maximum Gasteiger partial charge on any atom is 0.266 e. The number of nitrogens with zero attached hydrogens (tertiary/aromatic N) is 5. The Hall–Kier alpha value is -2.05. The van der Waals surface area contributed by atoms with Gasteiger partial charge in [-0.1, -0.05) is 12.8 Å². The Balaban J connectivity index is 1.68. The maximum absolute atomic E-state index is 5.61. The van der Waals surface area contributed by atoms with Gasteiger partial charge in [-0.15, -0.1) is 0 Å². The van der Waals surface area contributed by atoms with E-state index in [1.165, 1.54) is 25.7 Å². The Bertz CT molecular complexity index is 526. The average Bonchev–Trinajstić information content (AvgIpc) is 2.92. The van der Waals surface area contributed by atoms with Gasteiger partial charge in [0, 0.05) is 19.3 Å². The summed E-state index contributed by atoms with van der Waals surface area (Å²) in [6, 6.07) is 0. The number of nitrogen functional groups attached to an aromatic ring is 1. The fraction of sp³-hybridized carbons (Fsp3) is 0.583. The van der Waals surface area contributed by atoms with Crippen LogP contribution in [0.3, 0.4) is 0 Å². The van der Waals surface area contributed by atoms with Crippen molar-refractivity contribution in [2.24, 2.45) is 0 Å². The monoisotopic (exact) mass is 262 g/mol. The molecule has 7 heteroatoms. The zero-order valence-electron chi connectivity index (χ0n) is 10.8. The lowest BCUT2D eigenvalue weighted by molar-refractivity contribution is 0.365. The van der Waals surface area contributed by atoms with Crippen LogP contribution in [0.1, 0.15) is 31.6 Å². The maximum atomic E-state index is 5.61. The van der Waals surface area contributed by atoms with E-state index in [1.54, 1.807) is 17.1 Å². The van der Waals surface area contributed by atoms with E-state index in [1.807, 2.05) is 0 Å². The molecular weight excluding hydrogens is 244 g/mol. The first-order valence-electron chi connectivity index (χ1n) is 6.67. The van der Waals surface area contributed by atoms with Gasteiger partial charge in [0.2, 0.25) is 5.89 Å². The van der Waals surface area contributed by atoms with Gasteiger partial charge in [-0.05, 0) is 18.0 Å². The molecule has 0 bridgehead atoms. The van der Waals surface area contributed by atoms with E-state index in [0.717, 1.165) is 13.1 Å². The fourth-order valence-electron chi connectivity index (χ4n) is 2.31. The molecule has 2 aromatic rings. The Morgan fingerprint density at radius 3 is 2.68 bits per heavy atom. The van der Waals surface area contributed by atoms with Crippen LogP contribution in [-0.4, -0.2) is 33.0 Å². The second-order valence-corrected chi connectivity index (χ2v) is 4.86. The molecule has 3 rings (SSSR count). The summed E-state index contributed by atoms with van der Waals surface area (Å²) in [5.41, 5.74) is 6.25. The minimum absolute atomic E-state index is 0.456. The van der Waals surface area contributed by atoms with Gasteiger partial charge in [0.15, 0.2) is 0 Å². The third kappa shape index (κ3) is 2.86. The van der Waals surface area contributed by atoms with E-state index in [-0.39, 0.29) is 0 Å². The van der Waals surface area contributed by atoms with E-state index in [4.69, 9.17) is 10.3 Å². The summed E-state index contributed by atoms with van der Waals surface area (Å²) in [6.45, 7) is 2.47. The van der Waals surface area contributed by atoms with Crippen molar-refractivity contribution < 1.29 is 4.52 Å². The standard InChI is InChI=1S/C12H18N6O/c13-10-7-14-18(8-10)9-11-15-12(16-19-11)17-5-3-1-2-4-6-17/h7-8H,1-6,9,13H2. The molecular formula is C12H18N6O. The Kier molecular flexibility index (Phi) is 3.35. The smallest absolute Gasteiger partial charge is 0.266 e. The van der Waals surface area contributed by atoms with Crippen molar-refractivity contribution in [2.75, 3.05) is 23.7 Å². The highest BCUT2D eigenvalue weighted by molar-refractivity contribution is 5.31. The molecule has 0 aromatic carbocycles. The summed E-state index contributed by atoms with van der Waals surface area (Å²) in [5, 5.41) is 8.15. The molecule has 0 saturated carbocycles. The molecule has 0 spiro atoms. The number of nitrogens with two attached hydrogens (primary N) is 1. The summed E-state index contributed by atoms with van der Waals surface area (Å²) in [4.78, 5) is 6.62. The lowest BCUT2D eigenvalue weighted by Gasteiger charge is -2.16. The SMILES string of the molecule is Nc1cnn(Cc2nc(N3CCCCCC3)no2)c1. The van der Waals surface area contributed by atoms with Crippen molar-refractivity contribution in [1.29, 1.82) is 0 Å². The molecule has 0 radical (unpaired) electrons. The molecule has 2 aromatic heterocycles. The van der Waals surface area contributed by atoms with Crippen molar-refractivity contribution in [3.63, 3.8) is 0 Å².